The number of carbonyl (C=O) groups is 1. The molecule has 0 aromatic heterocycles. The van der Waals surface area contributed by atoms with Crippen LogP contribution in [0.4, 0.5) is 0 Å². The van der Waals surface area contributed by atoms with Crippen molar-refractivity contribution in [2.24, 2.45) is 0 Å². The maximum Gasteiger partial charge on any atom is 0.246 e. The Labute approximate surface area is 208 Å². The van der Waals surface area contributed by atoms with Crippen molar-refractivity contribution in [2.45, 2.75) is 37.8 Å². The van der Waals surface area contributed by atoms with Gasteiger partial charge in [-0.15, -0.1) is 0 Å². The molecule has 184 valence electrons. The molecule has 1 N–H and O–H groups in total. The van der Waals surface area contributed by atoms with E-state index in [1.54, 1.807) is 37.0 Å². The van der Waals surface area contributed by atoms with E-state index in [9.17, 15) is 13.2 Å². The predicted molar refractivity (Wildman–Crippen MR) is 139 cm³/mol. The molecule has 3 rings (SSSR count). The van der Waals surface area contributed by atoms with Crippen molar-refractivity contribution in [2.75, 3.05) is 13.7 Å². The Morgan fingerprint density at radius 1 is 0.971 bits per heavy atom. The van der Waals surface area contributed by atoms with E-state index < -0.39 is 10.0 Å². The highest BCUT2D eigenvalue weighted by Crippen LogP contribution is 2.25. The molecule has 3 aromatic carbocycles. The average molecular weight is 493 g/mol. The zero-order chi connectivity index (χ0) is 25.3. The van der Waals surface area contributed by atoms with Crippen molar-refractivity contribution in [1.29, 1.82) is 0 Å². The highest BCUT2D eigenvalue weighted by atomic mass is 32.2. The first-order valence-electron chi connectivity index (χ1n) is 11.5. The minimum absolute atomic E-state index is 0.0357. The number of amides is 1. The molecule has 0 heterocycles. The van der Waals surface area contributed by atoms with Gasteiger partial charge >= 0.3 is 0 Å². The second kappa shape index (κ2) is 12.3. The van der Waals surface area contributed by atoms with Crippen LogP contribution in [0, 0.1) is 0 Å². The molecule has 0 atom stereocenters. The lowest BCUT2D eigenvalue weighted by atomic mass is 10.1. The van der Waals surface area contributed by atoms with Gasteiger partial charge in [-0.3, -0.25) is 4.79 Å². The fourth-order valence-corrected chi connectivity index (χ4v) is 5.09. The number of nitrogens with zero attached hydrogens (tertiary/aromatic N) is 1. The van der Waals surface area contributed by atoms with Crippen LogP contribution in [0.3, 0.4) is 0 Å². The number of sulfonamides is 1. The third kappa shape index (κ3) is 7.80. The fraction of sp³-hybridized carbons (Fsp3) is 0.250. The van der Waals surface area contributed by atoms with Gasteiger partial charge in [-0.05, 0) is 55.2 Å². The number of hydrogen-bond donors (Lipinski definition) is 1. The number of nitrogens with one attached hydrogen (secondary N) is 1. The summed E-state index contributed by atoms with van der Waals surface area (Å²) < 4.78 is 33.3. The van der Waals surface area contributed by atoms with E-state index in [0.717, 1.165) is 17.5 Å². The number of ether oxygens (including phenoxy) is 1. The molecule has 0 unspecified atom stereocenters. The van der Waals surface area contributed by atoms with Crippen molar-refractivity contribution in [1.82, 2.24) is 9.62 Å². The van der Waals surface area contributed by atoms with Gasteiger partial charge in [-0.2, -0.15) is 0 Å². The molecule has 0 saturated heterocycles. The summed E-state index contributed by atoms with van der Waals surface area (Å²) in [5, 5.41) is 0. The molecular formula is C28H32N2O4S. The lowest BCUT2D eigenvalue weighted by molar-refractivity contribution is -0.126. The summed E-state index contributed by atoms with van der Waals surface area (Å²) in [6, 6.07) is 24.5. The van der Waals surface area contributed by atoms with Gasteiger partial charge < -0.3 is 9.64 Å². The van der Waals surface area contributed by atoms with Crippen LogP contribution in [-0.4, -0.2) is 38.9 Å². The minimum Gasteiger partial charge on any atom is -0.495 e. The molecule has 0 saturated carbocycles. The van der Waals surface area contributed by atoms with Gasteiger partial charge in [-0.25, -0.2) is 13.1 Å². The maximum atomic E-state index is 13.2. The molecule has 35 heavy (non-hydrogen) atoms. The van der Waals surface area contributed by atoms with E-state index in [1.807, 2.05) is 60.7 Å². The summed E-state index contributed by atoms with van der Waals surface area (Å²) in [4.78, 5) is 15.0. The van der Waals surface area contributed by atoms with E-state index in [2.05, 4.69) is 4.72 Å². The number of hydrogen-bond acceptors (Lipinski definition) is 4. The van der Waals surface area contributed by atoms with Gasteiger partial charge in [0.1, 0.15) is 10.6 Å². The van der Waals surface area contributed by atoms with E-state index >= 15 is 0 Å². The molecule has 0 aliphatic carbocycles. The Kier molecular flexibility index (Phi) is 9.23. The van der Waals surface area contributed by atoms with Gasteiger partial charge in [0.25, 0.3) is 0 Å². The van der Waals surface area contributed by atoms with E-state index in [-0.39, 0.29) is 22.6 Å². The van der Waals surface area contributed by atoms with Crippen molar-refractivity contribution in [3.05, 3.63) is 102 Å². The summed E-state index contributed by atoms with van der Waals surface area (Å²) in [6.07, 6.45) is 3.86. The average Bonchev–Trinajstić information content (AvgIpc) is 2.85. The second-order valence-corrected chi connectivity index (χ2v) is 10.2. The van der Waals surface area contributed by atoms with Crippen LogP contribution in [0.1, 0.15) is 30.5 Å². The normalized spacial score (nSPS) is 11.7. The summed E-state index contributed by atoms with van der Waals surface area (Å²) in [5.74, 6) is 0.0977. The Hall–Kier alpha value is -3.42. The molecule has 7 heteroatoms. The lowest BCUT2D eigenvalue weighted by Crippen LogP contribution is -2.31. The summed E-state index contributed by atoms with van der Waals surface area (Å²) >= 11 is 0. The summed E-state index contributed by atoms with van der Waals surface area (Å²) in [6.45, 7) is 4.55. The Morgan fingerprint density at radius 2 is 1.60 bits per heavy atom. The SMILES string of the molecule is COc1ccc(/C=C/C(=O)N(CCc2ccccc2)Cc2ccccc2)cc1S(=O)(=O)NC(C)C. The molecule has 0 radical (unpaired) electrons. The number of rotatable bonds is 11. The molecular weight excluding hydrogens is 460 g/mol. The molecule has 1 amide bonds. The largest absolute Gasteiger partial charge is 0.495 e. The topological polar surface area (TPSA) is 75.7 Å². The lowest BCUT2D eigenvalue weighted by Gasteiger charge is -2.21. The van der Waals surface area contributed by atoms with Gasteiger partial charge in [0.05, 0.1) is 7.11 Å². The third-order valence-electron chi connectivity index (χ3n) is 5.33. The van der Waals surface area contributed by atoms with Crippen LogP contribution >= 0.6 is 0 Å². The number of carbonyl (C=O) groups excluding carboxylic acids is 1. The van der Waals surface area contributed by atoms with E-state index in [1.165, 1.54) is 19.3 Å². The molecule has 0 bridgehead atoms. The monoisotopic (exact) mass is 492 g/mol. The first-order valence-corrected chi connectivity index (χ1v) is 13.0. The molecule has 0 spiro atoms. The Balaban J connectivity index is 1.82. The number of methoxy groups -OCH3 is 1. The van der Waals surface area contributed by atoms with Crippen LogP contribution in [0.5, 0.6) is 5.75 Å². The zero-order valence-electron chi connectivity index (χ0n) is 20.3. The first kappa shape index (κ1) is 26.2. The molecule has 6 nitrogen and oxygen atoms in total. The van der Waals surface area contributed by atoms with E-state index in [0.29, 0.717) is 18.7 Å². The summed E-state index contributed by atoms with van der Waals surface area (Å²) in [7, 11) is -2.34. The summed E-state index contributed by atoms with van der Waals surface area (Å²) in [5.41, 5.74) is 2.79. The quantitative estimate of drug-likeness (QED) is 0.395. The van der Waals surface area contributed by atoms with E-state index in [4.69, 9.17) is 4.74 Å². The number of benzene rings is 3. The van der Waals surface area contributed by atoms with Crippen LogP contribution < -0.4 is 9.46 Å². The third-order valence-corrected chi connectivity index (χ3v) is 7.01. The van der Waals surface area contributed by atoms with Gasteiger partial charge in [-0.1, -0.05) is 66.7 Å². The second-order valence-electron chi connectivity index (χ2n) is 8.50. The molecule has 0 fully saturated rings. The smallest absolute Gasteiger partial charge is 0.246 e. The standard InChI is InChI=1S/C28H32N2O4S/c1-22(2)29-35(32,33)27-20-24(14-16-26(27)34-3)15-17-28(31)30(21-25-12-8-5-9-13-25)19-18-23-10-6-4-7-11-23/h4-17,20,22,29H,18-19,21H2,1-3H3/b17-15+. The maximum absolute atomic E-state index is 13.2. The van der Waals surface area contributed by atoms with Gasteiger partial charge in [0.15, 0.2) is 0 Å². The van der Waals surface area contributed by atoms with Crippen LogP contribution in [0.2, 0.25) is 0 Å². The predicted octanol–water partition coefficient (Wildman–Crippen LogP) is 4.67. The molecule has 3 aromatic rings. The van der Waals surface area contributed by atoms with Gasteiger partial charge in [0, 0.05) is 25.2 Å². The van der Waals surface area contributed by atoms with Crippen molar-refractivity contribution < 1.29 is 17.9 Å². The van der Waals surface area contributed by atoms with Gasteiger partial charge in [0.2, 0.25) is 15.9 Å². The highest BCUT2D eigenvalue weighted by molar-refractivity contribution is 7.89. The molecule has 0 aliphatic rings. The first-order chi connectivity index (χ1) is 16.8. The Bertz CT molecular complexity index is 1240. The molecule has 0 aliphatic heterocycles. The highest BCUT2D eigenvalue weighted by Gasteiger charge is 2.21. The van der Waals surface area contributed by atoms with Crippen molar-refractivity contribution >= 4 is 22.0 Å². The van der Waals surface area contributed by atoms with Crippen LogP contribution in [-0.2, 0) is 27.8 Å². The van der Waals surface area contributed by atoms with Crippen molar-refractivity contribution in [3.63, 3.8) is 0 Å². The van der Waals surface area contributed by atoms with Crippen molar-refractivity contribution in [3.8, 4) is 5.75 Å². The minimum atomic E-state index is -3.76. The zero-order valence-corrected chi connectivity index (χ0v) is 21.2. The van der Waals surface area contributed by atoms with Crippen LogP contribution in [0.15, 0.2) is 89.8 Å². The van der Waals surface area contributed by atoms with Crippen LogP contribution in [0.25, 0.3) is 6.08 Å². The fourth-order valence-electron chi connectivity index (χ4n) is 3.63. The Morgan fingerprint density at radius 3 is 2.20 bits per heavy atom.